The van der Waals surface area contributed by atoms with Gasteiger partial charge in [0.15, 0.2) is 0 Å². The first-order valence-electron chi connectivity index (χ1n) is 4.59. The van der Waals surface area contributed by atoms with Crippen LogP contribution in [-0.4, -0.2) is 0 Å². The van der Waals surface area contributed by atoms with Gasteiger partial charge in [0, 0.05) is 4.47 Å². The highest BCUT2D eigenvalue weighted by atomic mass is 79.9. The molecule has 0 atom stereocenters. The fourth-order valence-corrected chi connectivity index (χ4v) is 1.92. The summed E-state index contributed by atoms with van der Waals surface area (Å²) in [7, 11) is 0. The van der Waals surface area contributed by atoms with E-state index < -0.39 is 34.4 Å². The molecule has 0 spiro atoms. The Morgan fingerprint density at radius 2 is 1.12 bits per heavy atom. The molecular weight excluding hydrogens is 300 g/mol. The molecular formula is C12H5BrF4. The van der Waals surface area contributed by atoms with Crippen molar-refractivity contribution in [3.05, 3.63) is 58.1 Å². The maximum Gasteiger partial charge on any atom is 0.135 e. The van der Waals surface area contributed by atoms with E-state index in [0.29, 0.717) is 0 Å². The van der Waals surface area contributed by atoms with Crippen molar-refractivity contribution in [1.82, 2.24) is 0 Å². The van der Waals surface area contributed by atoms with Crippen molar-refractivity contribution in [1.29, 1.82) is 0 Å². The van der Waals surface area contributed by atoms with E-state index >= 15 is 0 Å². The Labute approximate surface area is 103 Å². The zero-order chi connectivity index (χ0) is 12.6. The van der Waals surface area contributed by atoms with Gasteiger partial charge in [0.25, 0.3) is 0 Å². The Bertz CT molecular complexity index is 537. The summed E-state index contributed by atoms with van der Waals surface area (Å²) in [6.07, 6.45) is 0. The van der Waals surface area contributed by atoms with Gasteiger partial charge in [0.1, 0.15) is 23.3 Å². The van der Waals surface area contributed by atoms with Crippen molar-refractivity contribution >= 4 is 15.9 Å². The fourth-order valence-electron chi connectivity index (χ4n) is 1.52. The smallest absolute Gasteiger partial charge is 0.135 e. The molecule has 2 aromatic rings. The molecule has 88 valence electrons. The van der Waals surface area contributed by atoms with E-state index in [1.807, 2.05) is 0 Å². The molecule has 0 saturated heterocycles. The summed E-state index contributed by atoms with van der Waals surface area (Å²) in [5, 5.41) is 0. The fraction of sp³-hybridized carbons (Fsp3) is 0. The van der Waals surface area contributed by atoms with Gasteiger partial charge in [-0.15, -0.1) is 0 Å². The molecule has 2 rings (SSSR count). The number of hydrogen-bond acceptors (Lipinski definition) is 0. The van der Waals surface area contributed by atoms with Crippen LogP contribution in [0.3, 0.4) is 0 Å². The van der Waals surface area contributed by atoms with Gasteiger partial charge in [-0.05, 0) is 24.3 Å². The molecule has 0 aromatic heterocycles. The largest absolute Gasteiger partial charge is 0.206 e. The van der Waals surface area contributed by atoms with Gasteiger partial charge in [-0.3, -0.25) is 0 Å². The van der Waals surface area contributed by atoms with E-state index in [1.54, 1.807) is 0 Å². The second-order valence-electron chi connectivity index (χ2n) is 3.34. The summed E-state index contributed by atoms with van der Waals surface area (Å²) in [6.45, 7) is 0. The predicted octanol–water partition coefficient (Wildman–Crippen LogP) is 4.67. The van der Waals surface area contributed by atoms with Crippen LogP contribution in [0.25, 0.3) is 11.1 Å². The molecule has 0 heterocycles. The number of rotatable bonds is 1. The molecule has 0 aliphatic carbocycles. The maximum absolute atomic E-state index is 13.6. The lowest BCUT2D eigenvalue weighted by Gasteiger charge is -2.08. The molecule has 5 heteroatoms. The zero-order valence-corrected chi connectivity index (χ0v) is 9.86. The van der Waals surface area contributed by atoms with Crippen molar-refractivity contribution in [3.8, 4) is 11.1 Å². The molecule has 0 bridgehead atoms. The van der Waals surface area contributed by atoms with Crippen molar-refractivity contribution in [2.45, 2.75) is 0 Å². The Morgan fingerprint density at radius 1 is 0.706 bits per heavy atom. The Hall–Kier alpha value is -1.36. The molecule has 0 N–H and O–H groups in total. The van der Waals surface area contributed by atoms with Crippen LogP contribution in [-0.2, 0) is 0 Å². The highest BCUT2D eigenvalue weighted by Crippen LogP contribution is 2.32. The SMILES string of the molecule is Fc1cccc(F)c1-c1c(F)cc(Br)cc1F. The van der Waals surface area contributed by atoms with Crippen LogP contribution in [0.4, 0.5) is 17.6 Å². The second-order valence-corrected chi connectivity index (χ2v) is 4.26. The minimum Gasteiger partial charge on any atom is -0.206 e. The van der Waals surface area contributed by atoms with Gasteiger partial charge in [-0.1, -0.05) is 22.0 Å². The Kier molecular flexibility index (Phi) is 3.19. The minimum atomic E-state index is -1.03. The van der Waals surface area contributed by atoms with E-state index in [-0.39, 0.29) is 4.47 Å². The molecule has 0 aliphatic heterocycles. The van der Waals surface area contributed by atoms with Gasteiger partial charge in [0.05, 0.1) is 11.1 Å². The first kappa shape index (κ1) is 12.1. The maximum atomic E-state index is 13.6. The van der Waals surface area contributed by atoms with Crippen molar-refractivity contribution in [2.75, 3.05) is 0 Å². The monoisotopic (exact) mass is 304 g/mol. The molecule has 2 aromatic carbocycles. The molecule has 0 nitrogen and oxygen atoms in total. The third-order valence-corrected chi connectivity index (χ3v) is 2.68. The van der Waals surface area contributed by atoms with Gasteiger partial charge in [-0.25, -0.2) is 17.6 Å². The van der Waals surface area contributed by atoms with Crippen LogP contribution in [0.1, 0.15) is 0 Å². The predicted molar refractivity (Wildman–Crippen MR) is 59.4 cm³/mol. The molecule has 17 heavy (non-hydrogen) atoms. The van der Waals surface area contributed by atoms with Gasteiger partial charge >= 0.3 is 0 Å². The molecule has 0 amide bonds. The van der Waals surface area contributed by atoms with E-state index in [4.69, 9.17) is 0 Å². The van der Waals surface area contributed by atoms with E-state index in [9.17, 15) is 17.6 Å². The van der Waals surface area contributed by atoms with E-state index in [1.165, 1.54) is 0 Å². The van der Waals surface area contributed by atoms with Crippen LogP contribution in [0, 0.1) is 23.3 Å². The molecule has 0 radical (unpaired) electrons. The summed E-state index contributed by atoms with van der Waals surface area (Å²) in [5.74, 6) is -4.07. The van der Waals surface area contributed by atoms with Gasteiger partial charge in [-0.2, -0.15) is 0 Å². The number of benzene rings is 2. The van der Waals surface area contributed by atoms with Crippen molar-refractivity contribution < 1.29 is 17.6 Å². The van der Waals surface area contributed by atoms with Crippen LogP contribution in [0.2, 0.25) is 0 Å². The zero-order valence-electron chi connectivity index (χ0n) is 8.28. The first-order chi connectivity index (χ1) is 8.00. The molecule has 0 fully saturated rings. The van der Waals surface area contributed by atoms with Crippen LogP contribution < -0.4 is 0 Å². The van der Waals surface area contributed by atoms with E-state index in [2.05, 4.69) is 15.9 Å². The topological polar surface area (TPSA) is 0 Å². The molecule has 0 saturated carbocycles. The average molecular weight is 305 g/mol. The Balaban J connectivity index is 2.77. The lowest BCUT2D eigenvalue weighted by Crippen LogP contribution is -1.96. The quantitative estimate of drug-likeness (QED) is 0.672. The third kappa shape index (κ3) is 2.20. The van der Waals surface area contributed by atoms with Gasteiger partial charge in [0.2, 0.25) is 0 Å². The summed E-state index contributed by atoms with van der Waals surface area (Å²) >= 11 is 2.89. The highest BCUT2D eigenvalue weighted by Gasteiger charge is 2.19. The van der Waals surface area contributed by atoms with Crippen molar-refractivity contribution in [2.24, 2.45) is 0 Å². The van der Waals surface area contributed by atoms with E-state index in [0.717, 1.165) is 30.3 Å². The third-order valence-electron chi connectivity index (χ3n) is 2.22. The lowest BCUT2D eigenvalue weighted by atomic mass is 10.0. The summed E-state index contributed by atoms with van der Waals surface area (Å²) in [6, 6.07) is 4.91. The van der Waals surface area contributed by atoms with Crippen molar-refractivity contribution in [3.63, 3.8) is 0 Å². The second kappa shape index (κ2) is 4.49. The van der Waals surface area contributed by atoms with Gasteiger partial charge < -0.3 is 0 Å². The van der Waals surface area contributed by atoms with Crippen LogP contribution in [0.15, 0.2) is 34.8 Å². The summed E-state index contributed by atoms with van der Waals surface area (Å²) in [4.78, 5) is 0. The number of hydrogen-bond donors (Lipinski definition) is 0. The summed E-state index contributed by atoms with van der Waals surface area (Å²) < 4.78 is 54.1. The molecule has 0 aliphatic rings. The number of halogens is 5. The summed E-state index contributed by atoms with van der Waals surface area (Å²) in [5.41, 5.74) is -1.40. The average Bonchev–Trinajstić information content (AvgIpc) is 2.21. The van der Waals surface area contributed by atoms with Crippen LogP contribution >= 0.6 is 15.9 Å². The van der Waals surface area contributed by atoms with Crippen LogP contribution in [0.5, 0.6) is 0 Å². The standard InChI is InChI=1S/C12H5BrF4/c13-6-4-9(16)12(10(17)5-6)11-7(14)2-1-3-8(11)15/h1-5H. The lowest BCUT2D eigenvalue weighted by molar-refractivity contribution is 0.563. The Morgan fingerprint density at radius 3 is 1.59 bits per heavy atom. The molecule has 0 unspecified atom stereocenters. The highest BCUT2D eigenvalue weighted by molar-refractivity contribution is 9.10. The minimum absolute atomic E-state index is 0.160. The normalized spacial score (nSPS) is 10.6. The first-order valence-corrected chi connectivity index (χ1v) is 5.39.